The Bertz CT molecular complexity index is 598. The van der Waals surface area contributed by atoms with Crippen LogP contribution in [0.4, 0.5) is 5.82 Å². The first-order chi connectivity index (χ1) is 9.22. The molecule has 0 atom stereocenters. The Morgan fingerprint density at radius 2 is 2.11 bits per heavy atom. The molecule has 0 saturated carbocycles. The number of fused-ring (bicyclic) bond motifs is 1. The van der Waals surface area contributed by atoms with Gasteiger partial charge in [0.05, 0.1) is 5.02 Å². The van der Waals surface area contributed by atoms with Crippen LogP contribution in [0.2, 0.25) is 5.02 Å². The number of aryl methyl sites for hydroxylation is 1. The van der Waals surface area contributed by atoms with E-state index >= 15 is 0 Å². The van der Waals surface area contributed by atoms with E-state index in [4.69, 9.17) is 25.6 Å². The van der Waals surface area contributed by atoms with E-state index in [1.807, 2.05) is 25.1 Å². The summed E-state index contributed by atoms with van der Waals surface area (Å²) >= 11 is 6.17. The maximum Gasteiger partial charge on any atom is 0.179 e. The summed E-state index contributed by atoms with van der Waals surface area (Å²) < 4.78 is 16.0. The highest BCUT2D eigenvalue weighted by atomic mass is 35.5. The third-order valence-corrected chi connectivity index (χ3v) is 3.04. The van der Waals surface area contributed by atoms with Gasteiger partial charge in [-0.15, -0.1) is 0 Å². The molecule has 1 aliphatic heterocycles. The van der Waals surface area contributed by atoms with Gasteiger partial charge in [-0.1, -0.05) is 16.8 Å². The van der Waals surface area contributed by atoms with E-state index in [9.17, 15) is 0 Å². The lowest BCUT2D eigenvalue weighted by atomic mass is 10.2. The third-order valence-electron chi connectivity index (χ3n) is 2.76. The van der Waals surface area contributed by atoms with Gasteiger partial charge in [0.2, 0.25) is 0 Å². The molecule has 1 aromatic heterocycles. The van der Waals surface area contributed by atoms with Crippen molar-refractivity contribution < 1.29 is 14.0 Å². The van der Waals surface area contributed by atoms with E-state index in [0.29, 0.717) is 42.1 Å². The molecule has 0 amide bonds. The second-order valence-electron chi connectivity index (χ2n) is 4.28. The average molecular weight is 281 g/mol. The number of anilines is 1. The standard InChI is InChI=1S/C13H13ClN2O3/c1-8-4-12(16-19-8)15-7-9-5-10(14)13-11(6-9)17-2-3-18-13/h4-6H,2-3,7H2,1H3,(H,15,16). The summed E-state index contributed by atoms with van der Waals surface area (Å²) in [5, 5.41) is 7.58. The third kappa shape index (κ3) is 2.61. The highest BCUT2D eigenvalue weighted by Crippen LogP contribution is 2.38. The monoisotopic (exact) mass is 280 g/mol. The molecule has 100 valence electrons. The number of hydrogen-bond donors (Lipinski definition) is 1. The average Bonchev–Trinajstić information content (AvgIpc) is 2.82. The lowest BCUT2D eigenvalue weighted by molar-refractivity contribution is 0.171. The first kappa shape index (κ1) is 12.2. The molecule has 0 unspecified atom stereocenters. The van der Waals surface area contributed by atoms with Crippen LogP contribution >= 0.6 is 11.6 Å². The molecule has 0 radical (unpaired) electrons. The SMILES string of the molecule is Cc1cc(NCc2cc(Cl)c3c(c2)OCCO3)no1. The number of aromatic nitrogens is 1. The normalized spacial score (nSPS) is 13.4. The van der Waals surface area contributed by atoms with E-state index in [2.05, 4.69) is 10.5 Å². The smallest absolute Gasteiger partial charge is 0.179 e. The van der Waals surface area contributed by atoms with Crippen molar-refractivity contribution in [2.24, 2.45) is 0 Å². The largest absolute Gasteiger partial charge is 0.486 e. The van der Waals surface area contributed by atoms with Crippen LogP contribution < -0.4 is 14.8 Å². The summed E-state index contributed by atoms with van der Waals surface area (Å²) in [5.41, 5.74) is 0.995. The summed E-state index contributed by atoms with van der Waals surface area (Å²) in [6.07, 6.45) is 0. The molecule has 0 bridgehead atoms. The first-order valence-electron chi connectivity index (χ1n) is 5.97. The summed E-state index contributed by atoms with van der Waals surface area (Å²) in [6.45, 7) is 3.51. The number of rotatable bonds is 3. The Morgan fingerprint density at radius 3 is 2.89 bits per heavy atom. The van der Waals surface area contributed by atoms with E-state index < -0.39 is 0 Å². The van der Waals surface area contributed by atoms with Gasteiger partial charge in [-0.2, -0.15) is 0 Å². The number of benzene rings is 1. The van der Waals surface area contributed by atoms with Crippen molar-refractivity contribution in [1.29, 1.82) is 0 Å². The highest BCUT2D eigenvalue weighted by Gasteiger charge is 2.16. The van der Waals surface area contributed by atoms with Gasteiger partial charge in [0, 0.05) is 12.6 Å². The van der Waals surface area contributed by atoms with Crippen LogP contribution in [0.5, 0.6) is 11.5 Å². The molecule has 0 saturated heterocycles. The lowest BCUT2D eigenvalue weighted by Gasteiger charge is -2.20. The zero-order valence-electron chi connectivity index (χ0n) is 10.4. The maximum absolute atomic E-state index is 6.17. The Labute approximate surface area is 115 Å². The molecule has 6 heteroatoms. The molecule has 0 aliphatic carbocycles. The Kier molecular flexibility index (Phi) is 3.21. The molecule has 0 fully saturated rings. The number of hydrogen-bond acceptors (Lipinski definition) is 5. The predicted octanol–water partition coefficient (Wildman–Crippen LogP) is 3.02. The van der Waals surface area contributed by atoms with Crippen LogP contribution in [0.3, 0.4) is 0 Å². The minimum atomic E-state index is 0.530. The van der Waals surface area contributed by atoms with Gasteiger partial charge in [0.1, 0.15) is 19.0 Å². The first-order valence-corrected chi connectivity index (χ1v) is 6.35. The molecule has 0 spiro atoms. The summed E-state index contributed by atoms with van der Waals surface area (Å²) in [5.74, 6) is 2.77. The van der Waals surface area contributed by atoms with E-state index in [1.165, 1.54) is 0 Å². The van der Waals surface area contributed by atoms with Crippen LogP contribution in [0.1, 0.15) is 11.3 Å². The van der Waals surface area contributed by atoms with Crippen LogP contribution in [-0.4, -0.2) is 18.4 Å². The Balaban J connectivity index is 1.76. The van der Waals surface area contributed by atoms with Crippen molar-refractivity contribution in [3.63, 3.8) is 0 Å². The number of ether oxygens (including phenoxy) is 2. The maximum atomic E-state index is 6.17. The minimum Gasteiger partial charge on any atom is -0.486 e. The van der Waals surface area contributed by atoms with E-state index in [1.54, 1.807) is 0 Å². The van der Waals surface area contributed by atoms with Crippen LogP contribution in [0.25, 0.3) is 0 Å². The van der Waals surface area contributed by atoms with Crippen molar-refractivity contribution in [3.8, 4) is 11.5 Å². The zero-order valence-corrected chi connectivity index (χ0v) is 11.2. The van der Waals surface area contributed by atoms with Gasteiger partial charge in [0.15, 0.2) is 17.3 Å². The van der Waals surface area contributed by atoms with Gasteiger partial charge in [-0.3, -0.25) is 0 Å². The summed E-state index contributed by atoms with van der Waals surface area (Å²) in [7, 11) is 0. The fourth-order valence-corrected chi connectivity index (χ4v) is 2.20. The molecule has 3 rings (SSSR count). The van der Waals surface area contributed by atoms with Gasteiger partial charge in [-0.25, -0.2) is 0 Å². The molecule has 2 aromatic rings. The summed E-state index contributed by atoms with van der Waals surface area (Å²) in [4.78, 5) is 0. The molecular formula is C13H13ClN2O3. The molecule has 2 heterocycles. The number of halogens is 1. The van der Waals surface area contributed by atoms with Crippen molar-refractivity contribution in [3.05, 3.63) is 34.5 Å². The second-order valence-corrected chi connectivity index (χ2v) is 4.69. The van der Waals surface area contributed by atoms with Gasteiger partial charge in [0.25, 0.3) is 0 Å². The van der Waals surface area contributed by atoms with Gasteiger partial charge >= 0.3 is 0 Å². The molecule has 19 heavy (non-hydrogen) atoms. The van der Waals surface area contributed by atoms with Gasteiger partial charge < -0.3 is 19.3 Å². The van der Waals surface area contributed by atoms with Crippen molar-refractivity contribution in [1.82, 2.24) is 5.16 Å². The number of nitrogens with one attached hydrogen (secondary N) is 1. The van der Waals surface area contributed by atoms with Crippen LogP contribution in [0.15, 0.2) is 22.7 Å². The predicted molar refractivity (Wildman–Crippen MR) is 71.0 cm³/mol. The van der Waals surface area contributed by atoms with E-state index in [0.717, 1.165) is 11.3 Å². The molecule has 1 N–H and O–H groups in total. The zero-order chi connectivity index (χ0) is 13.2. The van der Waals surface area contributed by atoms with Crippen molar-refractivity contribution >= 4 is 17.4 Å². The molecule has 1 aromatic carbocycles. The van der Waals surface area contributed by atoms with Crippen LogP contribution in [-0.2, 0) is 6.54 Å². The quantitative estimate of drug-likeness (QED) is 0.936. The van der Waals surface area contributed by atoms with Gasteiger partial charge in [-0.05, 0) is 24.6 Å². The minimum absolute atomic E-state index is 0.530. The molecule has 5 nitrogen and oxygen atoms in total. The fraction of sp³-hybridized carbons (Fsp3) is 0.308. The van der Waals surface area contributed by atoms with Crippen molar-refractivity contribution in [2.75, 3.05) is 18.5 Å². The van der Waals surface area contributed by atoms with Crippen LogP contribution in [0, 0.1) is 6.92 Å². The molecule has 1 aliphatic rings. The lowest BCUT2D eigenvalue weighted by Crippen LogP contribution is -2.16. The fourth-order valence-electron chi connectivity index (χ4n) is 1.91. The topological polar surface area (TPSA) is 56.5 Å². The Morgan fingerprint density at radius 1 is 1.26 bits per heavy atom. The molecular weight excluding hydrogens is 268 g/mol. The highest BCUT2D eigenvalue weighted by molar-refractivity contribution is 6.32. The summed E-state index contributed by atoms with van der Waals surface area (Å²) in [6, 6.07) is 5.61. The Hall–Kier alpha value is -1.88. The number of nitrogens with zero attached hydrogens (tertiary/aromatic N) is 1. The van der Waals surface area contributed by atoms with E-state index in [-0.39, 0.29) is 0 Å². The second kappa shape index (κ2) is 5.01. The van der Waals surface area contributed by atoms with Crippen molar-refractivity contribution in [2.45, 2.75) is 13.5 Å².